The van der Waals surface area contributed by atoms with Crippen LogP contribution in [-0.2, 0) is 85.3 Å². The van der Waals surface area contributed by atoms with E-state index in [9.17, 15) is 36.2 Å². The number of hydrogen-bond acceptors (Lipinski definition) is 25. The fourth-order valence-electron chi connectivity index (χ4n) is 10.2. The smallest absolute Gasteiger partial charge is 0.187 e. The van der Waals surface area contributed by atoms with Crippen LogP contribution in [0.4, 0.5) is 0 Å². The van der Waals surface area contributed by atoms with E-state index in [1.165, 1.54) is 42.7 Å². The molecular weight excluding hydrogens is 942 g/mol. The Hall–Kier alpha value is -2.43. The van der Waals surface area contributed by atoms with E-state index in [1.54, 1.807) is 24.3 Å². The van der Waals surface area contributed by atoms with E-state index < -0.39 is 173 Å². The minimum atomic E-state index is -1.88. The highest BCUT2D eigenvalue weighted by Gasteiger charge is 2.59. The summed E-state index contributed by atoms with van der Waals surface area (Å²) in [6.07, 6.45) is -30.2. The maximum Gasteiger partial charge on any atom is 0.187 e. The Morgan fingerprint density at radius 3 is 1.69 bits per heavy atom. The molecule has 7 aliphatic heterocycles. The van der Waals surface area contributed by atoms with E-state index in [0.717, 1.165) is 0 Å². The van der Waals surface area contributed by atoms with Gasteiger partial charge in [-0.05, 0) is 5.53 Å². The van der Waals surface area contributed by atoms with Crippen LogP contribution in [0.3, 0.4) is 0 Å². The summed E-state index contributed by atoms with van der Waals surface area (Å²) in [4.78, 5) is 2.94. The molecule has 1 aromatic carbocycles. The third kappa shape index (κ3) is 10.7. The van der Waals surface area contributed by atoms with Crippen LogP contribution in [0.25, 0.3) is 10.4 Å². The van der Waals surface area contributed by atoms with Crippen LogP contribution in [0.15, 0.2) is 35.4 Å². The lowest BCUT2D eigenvalue weighted by molar-refractivity contribution is -0.400. The van der Waals surface area contributed by atoms with Gasteiger partial charge in [0, 0.05) is 53.1 Å². The Morgan fingerprint density at radius 1 is 0.543 bits per heavy atom. The third-order valence-electron chi connectivity index (χ3n) is 13.7. The molecule has 27 heteroatoms. The van der Waals surface area contributed by atoms with Crippen LogP contribution in [-0.4, -0.2) is 260 Å². The molecule has 2 bridgehead atoms. The molecule has 7 aliphatic rings. The monoisotopic (exact) mass is 1010 g/mol. The van der Waals surface area contributed by atoms with Gasteiger partial charge in [0.15, 0.2) is 37.7 Å². The molecule has 0 amide bonds. The second kappa shape index (κ2) is 24.3. The molecule has 0 radical (unpaired) electrons. The number of rotatable bonds is 19. The number of benzene rings is 1. The Bertz CT molecular complexity index is 1830. The molecule has 26 atom stereocenters. The van der Waals surface area contributed by atoms with Crippen molar-refractivity contribution in [3.8, 4) is 0 Å². The maximum atomic E-state index is 11.5. The van der Waals surface area contributed by atoms with Crippen molar-refractivity contribution in [2.45, 2.75) is 160 Å². The molecule has 8 rings (SSSR count). The predicted octanol–water partition coefficient (Wildman–Crippen LogP) is -2.88. The van der Waals surface area contributed by atoms with Gasteiger partial charge in [-0.15, -0.1) is 0 Å². The SMILES string of the molecule is COC[C@@H]1O[C@@H](O[C@H]2C3CO[C@H](O3)C(N=[N+]=[N-])[C@@H]2OC)C(OC)C(OC)[C@@H]1O[C@H]1O[C@@H](CO)[C@@H](O[C@@H]2OC(CO)[C@@H](O[C@@H]3OC4COC(c5ccccc5)O[C@H]4C(O)[C@@H]3O)C(O)[C@@H]2O)C(OC)C1OC. The van der Waals surface area contributed by atoms with Crippen molar-refractivity contribution >= 4 is 0 Å². The molecular formula is C43H65N3O24. The normalized spacial score (nSPS) is 47.3. The first-order valence-electron chi connectivity index (χ1n) is 22.9. The van der Waals surface area contributed by atoms with Crippen molar-refractivity contribution in [1.82, 2.24) is 0 Å². The summed E-state index contributed by atoms with van der Waals surface area (Å²) >= 11 is 0. The fourth-order valence-corrected chi connectivity index (χ4v) is 10.2. The first-order valence-corrected chi connectivity index (χ1v) is 22.9. The van der Waals surface area contributed by atoms with Crippen molar-refractivity contribution in [1.29, 1.82) is 0 Å². The molecule has 70 heavy (non-hydrogen) atoms. The molecule has 0 aliphatic carbocycles. The zero-order valence-electron chi connectivity index (χ0n) is 39.3. The molecule has 7 heterocycles. The molecule has 7 fully saturated rings. The summed E-state index contributed by atoms with van der Waals surface area (Å²) in [5, 5.41) is 70.4. The molecule has 11 unspecified atom stereocenters. The van der Waals surface area contributed by atoms with Gasteiger partial charge in [0.25, 0.3) is 0 Å². The number of methoxy groups -OCH3 is 6. The molecule has 396 valence electrons. The van der Waals surface area contributed by atoms with Gasteiger partial charge in [0.2, 0.25) is 0 Å². The van der Waals surface area contributed by atoms with Gasteiger partial charge in [0.1, 0.15) is 116 Å². The van der Waals surface area contributed by atoms with Gasteiger partial charge in [-0.25, -0.2) is 0 Å². The maximum absolute atomic E-state index is 11.5. The highest BCUT2D eigenvalue weighted by molar-refractivity contribution is 5.17. The number of nitrogens with zero attached hydrogens (tertiary/aromatic N) is 3. The van der Waals surface area contributed by atoms with Gasteiger partial charge >= 0.3 is 0 Å². The van der Waals surface area contributed by atoms with Gasteiger partial charge in [-0.2, -0.15) is 0 Å². The lowest BCUT2D eigenvalue weighted by Gasteiger charge is -2.51. The van der Waals surface area contributed by atoms with Crippen molar-refractivity contribution in [2.24, 2.45) is 5.11 Å². The highest BCUT2D eigenvalue weighted by atomic mass is 16.8. The predicted molar refractivity (Wildman–Crippen MR) is 226 cm³/mol. The van der Waals surface area contributed by atoms with Gasteiger partial charge in [-0.1, -0.05) is 35.4 Å². The number of aliphatic hydroxyl groups excluding tert-OH is 6. The second-order valence-electron chi connectivity index (χ2n) is 17.6. The van der Waals surface area contributed by atoms with E-state index in [2.05, 4.69) is 10.0 Å². The van der Waals surface area contributed by atoms with E-state index in [-0.39, 0.29) is 19.8 Å². The molecule has 0 spiro atoms. The Kier molecular flexibility index (Phi) is 18.7. The number of azide groups is 1. The summed E-state index contributed by atoms with van der Waals surface area (Å²) in [7, 11) is 8.48. The quantitative estimate of drug-likeness (QED) is 0.0461. The average molecular weight is 1010 g/mol. The van der Waals surface area contributed by atoms with Crippen molar-refractivity contribution in [3.63, 3.8) is 0 Å². The van der Waals surface area contributed by atoms with Crippen molar-refractivity contribution in [2.75, 3.05) is 75.7 Å². The van der Waals surface area contributed by atoms with E-state index in [1.807, 2.05) is 6.07 Å². The van der Waals surface area contributed by atoms with Gasteiger partial charge in [-0.3, -0.25) is 0 Å². The Morgan fingerprint density at radius 2 is 1.07 bits per heavy atom. The van der Waals surface area contributed by atoms with Crippen LogP contribution in [0.2, 0.25) is 0 Å². The lowest BCUT2D eigenvalue weighted by atomic mass is 9.95. The standard InChI is InChI=1S/C43H65N3O24/c1-53-14-20-32(35(56-4)37(58-6)43(65-20)69-31-22-16-60-39(63-22)23(45-46-44)33(31)54-2)70-42-36(57-5)34(55-3)30(19(13-48)62-42)68-40-26(51)24(49)28(18(12-47)61-40)67-41-27(52)25(50)29-21(64-41)15-59-38(66-29)17-10-8-7-9-11-17/h7-11,18-43,47-52H,12-16H2,1-6H3/t18?,19-,20-,21?,22?,23?,24?,25?,26-,27-,28+,29+,30+,31-,32+,33-,34?,35?,36?,37?,38?,39+,40-,41-,42+,43-/m0/s1. The number of ether oxygens (including phenoxy) is 18. The summed E-state index contributed by atoms with van der Waals surface area (Å²) in [6.45, 7) is -1.44. The molecule has 6 N–H and O–H groups in total. The number of hydrogen-bond donors (Lipinski definition) is 6. The van der Waals surface area contributed by atoms with Crippen LogP contribution >= 0.6 is 0 Å². The van der Waals surface area contributed by atoms with Crippen LogP contribution in [0, 0.1) is 0 Å². The van der Waals surface area contributed by atoms with Crippen molar-refractivity contribution in [3.05, 3.63) is 46.3 Å². The molecule has 0 aromatic heterocycles. The largest absolute Gasteiger partial charge is 0.394 e. The minimum Gasteiger partial charge on any atom is -0.394 e. The third-order valence-corrected chi connectivity index (χ3v) is 13.7. The minimum absolute atomic E-state index is 0.0474. The fraction of sp³-hybridized carbons (Fsp3) is 0.860. The van der Waals surface area contributed by atoms with E-state index in [0.29, 0.717) is 5.56 Å². The highest BCUT2D eigenvalue weighted by Crippen LogP contribution is 2.40. The zero-order chi connectivity index (χ0) is 49.8. The average Bonchev–Trinajstić information content (AvgIpc) is 3.82. The Balaban J connectivity index is 0.935. The summed E-state index contributed by atoms with van der Waals surface area (Å²) in [6, 6.07) is 8.14. The van der Waals surface area contributed by atoms with E-state index in [4.69, 9.17) is 85.3 Å². The summed E-state index contributed by atoms with van der Waals surface area (Å²) < 4.78 is 109. The molecule has 1 aromatic rings. The number of aliphatic hydroxyl groups is 6. The topological polar surface area (TPSA) is 336 Å². The Labute approximate surface area is 402 Å². The van der Waals surface area contributed by atoms with Crippen LogP contribution in [0.1, 0.15) is 11.9 Å². The molecule has 7 saturated heterocycles. The summed E-state index contributed by atoms with van der Waals surface area (Å²) in [5.74, 6) is 0. The van der Waals surface area contributed by atoms with E-state index >= 15 is 0 Å². The first-order chi connectivity index (χ1) is 34.0. The van der Waals surface area contributed by atoms with Gasteiger partial charge < -0.3 is 116 Å². The molecule has 27 nitrogen and oxygen atoms in total. The molecule has 0 saturated carbocycles. The lowest BCUT2D eigenvalue weighted by Crippen LogP contribution is -2.68. The van der Waals surface area contributed by atoms with Crippen molar-refractivity contribution < 1.29 is 116 Å². The van der Waals surface area contributed by atoms with Crippen LogP contribution in [0.5, 0.6) is 0 Å². The summed E-state index contributed by atoms with van der Waals surface area (Å²) in [5.41, 5.74) is 9.97. The number of fused-ring (bicyclic) bond motifs is 3. The zero-order valence-corrected chi connectivity index (χ0v) is 39.3. The van der Waals surface area contributed by atoms with Gasteiger partial charge in [0.05, 0.1) is 39.1 Å². The second-order valence-corrected chi connectivity index (χ2v) is 17.6. The van der Waals surface area contributed by atoms with Crippen LogP contribution < -0.4 is 0 Å². The first kappa shape index (κ1) is 53.8.